The van der Waals surface area contributed by atoms with Crippen LogP contribution in [0, 0.1) is 6.92 Å². The Hall–Kier alpha value is -3.12. The van der Waals surface area contributed by atoms with Crippen molar-refractivity contribution in [3.05, 3.63) is 83.9 Å². The molecule has 5 nitrogen and oxygen atoms in total. The summed E-state index contributed by atoms with van der Waals surface area (Å²) in [6.45, 7) is 2.23. The molecule has 30 heavy (non-hydrogen) atoms. The molecule has 0 unspecified atom stereocenters. The van der Waals surface area contributed by atoms with E-state index in [2.05, 4.69) is 17.4 Å². The summed E-state index contributed by atoms with van der Waals surface area (Å²) in [7, 11) is -3.81. The van der Waals surface area contributed by atoms with Crippen LogP contribution in [-0.4, -0.2) is 27.4 Å². The molecular formula is C24H24N2O3S. The van der Waals surface area contributed by atoms with Gasteiger partial charge in [0.1, 0.15) is 6.54 Å². The largest absolute Gasteiger partial charge is 0.355 e. The Labute approximate surface area is 177 Å². The second-order valence-electron chi connectivity index (χ2n) is 7.47. The van der Waals surface area contributed by atoms with Gasteiger partial charge in [0.25, 0.3) is 10.0 Å². The van der Waals surface area contributed by atoms with Crippen LogP contribution in [0.4, 0.5) is 5.69 Å². The van der Waals surface area contributed by atoms with Crippen molar-refractivity contribution in [2.75, 3.05) is 17.4 Å². The number of hydrogen-bond donors (Lipinski definition) is 1. The number of hydrogen-bond acceptors (Lipinski definition) is 3. The summed E-state index contributed by atoms with van der Waals surface area (Å²) in [5, 5.41) is 2.86. The van der Waals surface area contributed by atoms with Gasteiger partial charge in [-0.25, -0.2) is 8.42 Å². The average molecular weight is 421 g/mol. The minimum absolute atomic E-state index is 0.236. The summed E-state index contributed by atoms with van der Waals surface area (Å²) in [6.07, 6.45) is 1.65. The van der Waals surface area contributed by atoms with Gasteiger partial charge in [0.2, 0.25) is 5.91 Å². The smallest absolute Gasteiger partial charge is 0.265 e. The van der Waals surface area contributed by atoms with E-state index < -0.39 is 10.0 Å². The minimum Gasteiger partial charge on any atom is -0.355 e. The van der Waals surface area contributed by atoms with Crippen molar-refractivity contribution < 1.29 is 13.2 Å². The number of carbonyl (C=O) groups is 1. The SMILES string of the molecule is Cc1ccc2c(c1)-c1ccccc1S(=O)(=O)N2CC(=O)NCCCc1ccccc1. The summed E-state index contributed by atoms with van der Waals surface area (Å²) in [4.78, 5) is 12.8. The Morgan fingerprint density at radius 2 is 1.67 bits per heavy atom. The van der Waals surface area contributed by atoms with Crippen LogP contribution < -0.4 is 9.62 Å². The van der Waals surface area contributed by atoms with Gasteiger partial charge in [-0.3, -0.25) is 9.10 Å². The highest BCUT2D eigenvalue weighted by molar-refractivity contribution is 7.93. The molecule has 0 atom stereocenters. The first-order valence-electron chi connectivity index (χ1n) is 10.0. The van der Waals surface area contributed by atoms with Crippen LogP contribution in [0.5, 0.6) is 0 Å². The maximum absolute atomic E-state index is 13.2. The Kier molecular flexibility index (Phi) is 5.59. The van der Waals surface area contributed by atoms with Gasteiger partial charge >= 0.3 is 0 Å². The first-order chi connectivity index (χ1) is 14.5. The van der Waals surface area contributed by atoms with Crippen molar-refractivity contribution in [3.63, 3.8) is 0 Å². The van der Waals surface area contributed by atoms with E-state index in [0.717, 1.165) is 24.0 Å². The lowest BCUT2D eigenvalue weighted by molar-refractivity contribution is -0.119. The van der Waals surface area contributed by atoms with Crippen molar-refractivity contribution in [3.8, 4) is 11.1 Å². The topological polar surface area (TPSA) is 66.5 Å². The second kappa shape index (κ2) is 8.32. The van der Waals surface area contributed by atoms with Crippen LogP contribution in [0.1, 0.15) is 17.5 Å². The fourth-order valence-electron chi connectivity index (χ4n) is 3.77. The number of benzene rings is 3. The molecule has 1 aliphatic heterocycles. The van der Waals surface area contributed by atoms with E-state index in [-0.39, 0.29) is 17.3 Å². The minimum atomic E-state index is -3.81. The predicted molar refractivity (Wildman–Crippen MR) is 119 cm³/mol. The maximum Gasteiger partial charge on any atom is 0.265 e. The Bertz CT molecular complexity index is 1170. The van der Waals surface area contributed by atoms with E-state index in [1.54, 1.807) is 18.2 Å². The number of nitrogens with one attached hydrogen (secondary N) is 1. The third kappa shape index (κ3) is 3.96. The zero-order chi connectivity index (χ0) is 21.1. The highest BCUT2D eigenvalue weighted by atomic mass is 32.2. The number of fused-ring (bicyclic) bond motifs is 3. The zero-order valence-electron chi connectivity index (χ0n) is 16.8. The molecule has 0 saturated carbocycles. The molecule has 0 fully saturated rings. The van der Waals surface area contributed by atoms with Crippen LogP contribution in [0.25, 0.3) is 11.1 Å². The van der Waals surface area contributed by atoms with Crippen molar-refractivity contribution >= 4 is 21.6 Å². The molecule has 6 heteroatoms. The Morgan fingerprint density at radius 3 is 2.47 bits per heavy atom. The lowest BCUT2D eigenvalue weighted by Crippen LogP contribution is -2.42. The van der Waals surface area contributed by atoms with E-state index in [1.807, 2.05) is 49.4 Å². The van der Waals surface area contributed by atoms with Gasteiger partial charge in [0.05, 0.1) is 10.6 Å². The number of rotatable bonds is 6. The molecule has 3 aromatic carbocycles. The number of carbonyl (C=O) groups excluding carboxylic acids is 1. The molecule has 0 radical (unpaired) electrons. The number of aryl methyl sites for hydroxylation is 2. The first kappa shape index (κ1) is 20.2. The van der Waals surface area contributed by atoms with Gasteiger partial charge in [-0.1, -0.05) is 60.2 Å². The van der Waals surface area contributed by atoms with Gasteiger partial charge in [-0.15, -0.1) is 0 Å². The lowest BCUT2D eigenvalue weighted by Gasteiger charge is -2.31. The second-order valence-corrected chi connectivity index (χ2v) is 9.30. The number of amides is 1. The molecule has 1 heterocycles. The Morgan fingerprint density at radius 1 is 0.933 bits per heavy atom. The van der Waals surface area contributed by atoms with Crippen LogP contribution in [0.3, 0.4) is 0 Å². The zero-order valence-corrected chi connectivity index (χ0v) is 17.7. The van der Waals surface area contributed by atoms with Crippen molar-refractivity contribution in [1.29, 1.82) is 0 Å². The monoisotopic (exact) mass is 420 g/mol. The summed E-state index contributed by atoms with van der Waals surface area (Å²) in [6, 6.07) is 22.6. The number of nitrogens with zero attached hydrogens (tertiary/aromatic N) is 1. The fraction of sp³-hybridized carbons (Fsp3) is 0.208. The fourth-order valence-corrected chi connectivity index (χ4v) is 5.42. The summed E-state index contributed by atoms with van der Waals surface area (Å²) >= 11 is 0. The normalized spacial score (nSPS) is 14.0. The molecule has 1 aliphatic rings. The predicted octanol–water partition coefficient (Wildman–Crippen LogP) is 3.92. The van der Waals surface area contributed by atoms with Crippen LogP contribution in [0.15, 0.2) is 77.7 Å². The quantitative estimate of drug-likeness (QED) is 0.615. The molecule has 0 aliphatic carbocycles. The molecule has 0 saturated heterocycles. The maximum atomic E-state index is 13.2. The standard InChI is InChI=1S/C24H24N2O3S/c1-18-13-14-22-21(16-18)20-11-5-6-12-23(20)30(28,29)26(22)17-24(27)25-15-7-10-19-8-3-2-4-9-19/h2-6,8-9,11-14,16H,7,10,15,17H2,1H3,(H,25,27). The van der Waals surface area contributed by atoms with Gasteiger partial charge in [-0.05, 0) is 43.5 Å². The summed E-state index contributed by atoms with van der Waals surface area (Å²) in [5.74, 6) is -0.308. The summed E-state index contributed by atoms with van der Waals surface area (Å²) in [5.41, 5.74) is 4.30. The molecule has 1 N–H and O–H groups in total. The summed E-state index contributed by atoms with van der Waals surface area (Å²) < 4.78 is 27.7. The number of anilines is 1. The number of sulfonamides is 1. The van der Waals surface area contributed by atoms with E-state index >= 15 is 0 Å². The van der Waals surface area contributed by atoms with Gasteiger partial charge in [-0.2, -0.15) is 0 Å². The van der Waals surface area contributed by atoms with Gasteiger partial charge in [0.15, 0.2) is 0 Å². The molecular weight excluding hydrogens is 396 g/mol. The third-order valence-electron chi connectivity index (χ3n) is 5.26. The van der Waals surface area contributed by atoms with E-state index in [0.29, 0.717) is 17.8 Å². The molecule has 3 aromatic rings. The van der Waals surface area contributed by atoms with Gasteiger partial charge < -0.3 is 5.32 Å². The van der Waals surface area contributed by atoms with Crippen LogP contribution in [0.2, 0.25) is 0 Å². The van der Waals surface area contributed by atoms with E-state index in [4.69, 9.17) is 0 Å². The highest BCUT2D eigenvalue weighted by Crippen LogP contribution is 2.43. The molecule has 0 aromatic heterocycles. The van der Waals surface area contributed by atoms with E-state index in [9.17, 15) is 13.2 Å². The van der Waals surface area contributed by atoms with Crippen molar-refractivity contribution in [1.82, 2.24) is 5.32 Å². The van der Waals surface area contributed by atoms with Crippen LogP contribution >= 0.6 is 0 Å². The molecule has 0 spiro atoms. The third-order valence-corrected chi connectivity index (χ3v) is 7.08. The van der Waals surface area contributed by atoms with Crippen molar-refractivity contribution in [2.45, 2.75) is 24.7 Å². The molecule has 1 amide bonds. The van der Waals surface area contributed by atoms with Crippen LogP contribution in [-0.2, 0) is 21.2 Å². The van der Waals surface area contributed by atoms with E-state index in [1.165, 1.54) is 9.87 Å². The highest BCUT2D eigenvalue weighted by Gasteiger charge is 2.35. The molecule has 0 bridgehead atoms. The molecule has 154 valence electrons. The van der Waals surface area contributed by atoms with Crippen molar-refractivity contribution in [2.24, 2.45) is 0 Å². The van der Waals surface area contributed by atoms with Gasteiger partial charge in [0, 0.05) is 17.7 Å². The first-order valence-corrected chi connectivity index (χ1v) is 11.4. The molecule has 4 rings (SSSR count). The average Bonchev–Trinajstić information content (AvgIpc) is 2.75. The lowest BCUT2D eigenvalue weighted by atomic mass is 10.0. The Balaban J connectivity index is 1.50.